The molecule has 1 aliphatic rings. The van der Waals surface area contributed by atoms with Gasteiger partial charge < -0.3 is 9.38 Å². The molecule has 3 nitrogen and oxygen atoms in total. The Morgan fingerprint density at radius 2 is 2.21 bits per heavy atom. The number of nitrogens with zero attached hydrogens (tertiary/aromatic N) is 2. The third kappa shape index (κ3) is 2.67. The lowest BCUT2D eigenvalue weighted by Crippen LogP contribution is -2.49. The predicted molar refractivity (Wildman–Crippen MR) is 53.4 cm³/mol. The Hall–Kier alpha value is -0.640. The van der Waals surface area contributed by atoms with Gasteiger partial charge in [-0.2, -0.15) is 4.39 Å². The molecule has 0 saturated carbocycles. The Morgan fingerprint density at radius 3 is 2.71 bits per heavy atom. The SMILES string of the molecule is CC(=O)N1CCCC1C[N+](C)(C)CF. The lowest BCUT2D eigenvalue weighted by atomic mass is 10.2. The second-order valence-corrected chi connectivity index (χ2v) is 4.75. The molecule has 1 fully saturated rings. The van der Waals surface area contributed by atoms with E-state index in [1.165, 1.54) is 0 Å². The van der Waals surface area contributed by atoms with Crippen molar-refractivity contribution in [3.8, 4) is 0 Å². The van der Waals surface area contributed by atoms with Crippen LogP contribution in [0.15, 0.2) is 0 Å². The average Bonchev–Trinajstić information content (AvgIpc) is 2.51. The van der Waals surface area contributed by atoms with Crippen LogP contribution in [0.3, 0.4) is 0 Å². The minimum atomic E-state index is -0.373. The summed E-state index contributed by atoms with van der Waals surface area (Å²) in [7, 11) is 3.72. The smallest absolute Gasteiger partial charge is 0.221 e. The van der Waals surface area contributed by atoms with Gasteiger partial charge in [0.15, 0.2) is 0 Å². The van der Waals surface area contributed by atoms with Gasteiger partial charge in [0.2, 0.25) is 12.7 Å². The molecule has 14 heavy (non-hydrogen) atoms. The van der Waals surface area contributed by atoms with Gasteiger partial charge in [-0.3, -0.25) is 4.79 Å². The Labute approximate surface area is 85.1 Å². The molecule has 1 amide bonds. The predicted octanol–water partition coefficient (Wildman–Crippen LogP) is 1.00. The van der Waals surface area contributed by atoms with Gasteiger partial charge in [0.05, 0.1) is 20.1 Å². The van der Waals surface area contributed by atoms with Crippen molar-refractivity contribution in [3.63, 3.8) is 0 Å². The van der Waals surface area contributed by atoms with Gasteiger partial charge >= 0.3 is 0 Å². The largest absolute Gasteiger partial charge is 0.334 e. The number of alkyl halides is 1. The van der Waals surface area contributed by atoms with Gasteiger partial charge in [0, 0.05) is 13.5 Å². The first-order chi connectivity index (χ1) is 6.46. The Kier molecular flexibility index (Phi) is 3.48. The molecule has 1 saturated heterocycles. The van der Waals surface area contributed by atoms with E-state index in [1.54, 1.807) is 6.92 Å². The zero-order chi connectivity index (χ0) is 10.8. The molecule has 0 bridgehead atoms. The molecule has 0 aromatic carbocycles. The maximum atomic E-state index is 12.6. The summed E-state index contributed by atoms with van der Waals surface area (Å²) >= 11 is 0. The number of carbonyl (C=O) groups is 1. The number of likely N-dealkylation sites (N-methyl/N-ethyl adjacent to an activating group) is 1. The van der Waals surface area contributed by atoms with Crippen molar-refractivity contribution in [1.82, 2.24) is 4.90 Å². The maximum absolute atomic E-state index is 12.6. The molecule has 1 heterocycles. The summed E-state index contributed by atoms with van der Waals surface area (Å²) < 4.78 is 13.0. The normalized spacial score (nSPS) is 22.9. The number of hydrogen-bond donors (Lipinski definition) is 0. The summed E-state index contributed by atoms with van der Waals surface area (Å²) in [4.78, 5) is 13.1. The molecular weight excluding hydrogens is 183 g/mol. The summed E-state index contributed by atoms with van der Waals surface area (Å²) in [5.41, 5.74) is 0. The molecule has 4 heteroatoms. The van der Waals surface area contributed by atoms with Crippen LogP contribution in [-0.2, 0) is 4.79 Å². The number of halogens is 1. The van der Waals surface area contributed by atoms with Crippen LogP contribution >= 0.6 is 0 Å². The quantitative estimate of drug-likeness (QED) is 0.495. The molecule has 0 aromatic heterocycles. The molecule has 1 unspecified atom stereocenters. The summed E-state index contributed by atoms with van der Waals surface area (Å²) in [6.45, 7) is 2.78. The summed E-state index contributed by atoms with van der Waals surface area (Å²) in [5, 5.41) is 0. The third-order valence-electron chi connectivity index (χ3n) is 2.81. The van der Waals surface area contributed by atoms with Crippen LogP contribution in [0.1, 0.15) is 19.8 Å². The molecule has 82 valence electrons. The molecule has 1 rings (SSSR count). The highest BCUT2D eigenvalue weighted by atomic mass is 19.1. The standard InChI is InChI=1S/C10H20FN2O/c1-9(14)12-6-4-5-10(12)7-13(2,3)8-11/h10H,4-8H2,1-3H3/q+1. The van der Waals surface area contributed by atoms with Gasteiger partial charge in [-0.15, -0.1) is 0 Å². The molecule has 0 N–H and O–H groups in total. The zero-order valence-corrected chi connectivity index (χ0v) is 9.29. The van der Waals surface area contributed by atoms with E-state index in [2.05, 4.69) is 0 Å². The Bertz CT molecular complexity index is 218. The van der Waals surface area contributed by atoms with Gasteiger partial charge in [-0.25, -0.2) is 0 Å². The van der Waals surface area contributed by atoms with Crippen LogP contribution < -0.4 is 0 Å². The summed E-state index contributed by atoms with van der Waals surface area (Å²) in [5.74, 6) is 0.117. The Morgan fingerprint density at radius 1 is 1.57 bits per heavy atom. The lowest BCUT2D eigenvalue weighted by molar-refractivity contribution is -0.904. The van der Waals surface area contributed by atoms with E-state index >= 15 is 0 Å². The fraction of sp³-hybridized carbons (Fsp3) is 0.900. The second-order valence-electron chi connectivity index (χ2n) is 4.75. The van der Waals surface area contributed by atoms with Gasteiger partial charge in [-0.1, -0.05) is 0 Å². The van der Waals surface area contributed by atoms with Crippen LogP contribution in [0.4, 0.5) is 4.39 Å². The highest BCUT2D eigenvalue weighted by molar-refractivity contribution is 5.73. The first-order valence-corrected chi connectivity index (χ1v) is 5.11. The molecular formula is C10H20FN2O+. The molecule has 0 aliphatic carbocycles. The van der Waals surface area contributed by atoms with Crippen LogP contribution in [0.25, 0.3) is 0 Å². The fourth-order valence-electron chi connectivity index (χ4n) is 2.06. The van der Waals surface area contributed by atoms with Crippen molar-refractivity contribution in [2.45, 2.75) is 25.8 Å². The molecule has 0 radical (unpaired) electrons. The van der Waals surface area contributed by atoms with Crippen LogP contribution in [0.5, 0.6) is 0 Å². The van der Waals surface area contributed by atoms with E-state index in [0.29, 0.717) is 4.48 Å². The maximum Gasteiger partial charge on any atom is 0.221 e. The fourth-order valence-corrected chi connectivity index (χ4v) is 2.06. The van der Waals surface area contributed by atoms with Crippen molar-refractivity contribution in [2.75, 3.05) is 34.0 Å². The van der Waals surface area contributed by atoms with E-state index in [0.717, 1.165) is 25.9 Å². The van der Waals surface area contributed by atoms with Crippen molar-refractivity contribution in [3.05, 3.63) is 0 Å². The van der Waals surface area contributed by atoms with Crippen molar-refractivity contribution in [2.24, 2.45) is 0 Å². The minimum Gasteiger partial charge on any atom is -0.334 e. The molecule has 0 aromatic rings. The van der Waals surface area contributed by atoms with Crippen molar-refractivity contribution in [1.29, 1.82) is 0 Å². The lowest BCUT2D eigenvalue weighted by Gasteiger charge is -2.32. The monoisotopic (exact) mass is 203 g/mol. The first kappa shape index (κ1) is 11.4. The number of amides is 1. The van der Waals surface area contributed by atoms with E-state index in [9.17, 15) is 9.18 Å². The number of hydrogen-bond acceptors (Lipinski definition) is 1. The number of rotatable bonds is 3. The first-order valence-electron chi connectivity index (χ1n) is 5.11. The molecule has 0 spiro atoms. The van der Waals surface area contributed by atoms with Crippen LogP contribution in [-0.4, -0.2) is 55.3 Å². The summed E-state index contributed by atoms with van der Waals surface area (Å²) in [6.07, 6.45) is 2.07. The van der Waals surface area contributed by atoms with Crippen molar-refractivity contribution >= 4 is 5.91 Å². The van der Waals surface area contributed by atoms with E-state index < -0.39 is 0 Å². The average molecular weight is 203 g/mol. The number of carbonyl (C=O) groups excluding carboxylic acids is 1. The third-order valence-corrected chi connectivity index (χ3v) is 2.81. The summed E-state index contributed by atoms with van der Waals surface area (Å²) in [6, 6.07) is 0.234. The minimum absolute atomic E-state index is 0.117. The highest BCUT2D eigenvalue weighted by Crippen LogP contribution is 2.19. The highest BCUT2D eigenvalue weighted by Gasteiger charge is 2.32. The van der Waals surface area contributed by atoms with E-state index in [-0.39, 0.29) is 18.7 Å². The van der Waals surface area contributed by atoms with E-state index in [4.69, 9.17) is 0 Å². The van der Waals surface area contributed by atoms with Gasteiger partial charge in [0.1, 0.15) is 6.54 Å². The molecule has 1 aliphatic heterocycles. The topological polar surface area (TPSA) is 20.3 Å². The number of quaternary nitrogens is 1. The van der Waals surface area contributed by atoms with E-state index in [1.807, 2.05) is 19.0 Å². The van der Waals surface area contributed by atoms with Crippen LogP contribution in [0, 0.1) is 0 Å². The zero-order valence-electron chi connectivity index (χ0n) is 9.29. The second kappa shape index (κ2) is 4.26. The Balaban J connectivity index is 2.55. The van der Waals surface area contributed by atoms with Gasteiger partial charge in [0.25, 0.3) is 0 Å². The van der Waals surface area contributed by atoms with Crippen molar-refractivity contribution < 1.29 is 13.7 Å². The number of likely N-dealkylation sites (tertiary alicyclic amines) is 1. The van der Waals surface area contributed by atoms with Gasteiger partial charge in [-0.05, 0) is 12.8 Å². The molecule has 1 atom stereocenters. The van der Waals surface area contributed by atoms with Crippen LogP contribution in [0.2, 0.25) is 0 Å².